The Labute approximate surface area is 153 Å². The van der Waals surface area contributed by atoms with Crippen molar-refractivity contribution in [2.24, 2.45) is 0 Å². The van der Waals surface area contributed by atoms with Crippen LogP contribution in [0.2, 0.25) is 0 Å². The summed E-state index contributed by atoms with van der Waals surface area (Å²) in [6.45, 7) is 2.51. The van der Waals surface area contributed by atoms with Gasteiger partial charge in [-0.15, -0.1) is 0 Å². The molecule has 2 aliphatic heterocycles. The van der Waals surface area contributed by atoms with Crippen molar-refractivity contribution in [3.8, 4) is 0 Å². The third kappa shape index (κ3) is 3.50. The summed E-state index contributed by atoms with van der Waals surface area (Å²) < 4.78 is 5.54. The maximum absolute atomic E-state index is 13.2. The van der Waals surface area contributed by atoms with E-state index in [1.165, 1.54) is 11.1 Å². The van der Waals surface area contributed by atoms with Crippen molar-refractivity contribution in [2.45, 2.75) is 37.6 Å². The number of nitrogens with zero attached hydrogens (tertiary/aromatic N) is 2. The fourth-order valence-electron chi connectivity index (χ4n) is 4.08. The number of rotatable bonds is 5. The molecular weight excluding hydrogens is 332 g/mol. The fraction of sp³-hybridized carbons (Fsp3) is 0.450. The van der Waals surface area contributed by atoms with Gasteiger partial charge in [0, 0.05) is 32.8 Å². The highest BCUT2D eigenvalue weighted by molar-refractivity contribution is 7.07. The first kappa shape index (κ1) is 16.8. The molecule has 0 radical (unpaired) electrons. The second kappa shape index (κ2) is 7.28. The number of amides is 1. The van der Waals surface area contributed by atoms with Crippen LogP contribution in [0, 0.1) is 0 Å². The lowest BCUT2D eigenvalue weighted by atomic mass is 9.98. The largest absolute Gasteiger partial charge is 0.380 e. The molecule has 0 unspecified atom stereocenters. The normalized spacial score (nSPS) is 26.8. The van der Waals surface area contributed by atoms with Crippen molar-refractivity contribution in [3.05, 3.63) is 58.3 Å². The minimum atomic E-state index is -0.0887. The second-order valence-electron chi connectivity index (χ2n) is 7.00. The molecule has 2 saturated heterocycles. The molecule has 4 nitrogen and oxygen atoms in total. The van der Waals surface area contributed by atoms with Crippen LogP contribution in [0.15, 0.2) is 47.2 Å². The van der Waals surface area contributed by atoms with E-state index < -0.39 is 0 Å². The number of fused-ring (bicyclic) bond motifs is 1. The highest BCUT2D eigenvalue weighted by Gasteiger charge is 2.45. The van der Waals surface area contributed by atoms with Crippen LogP contribution in [0.3, 0.4) is 0 Å². The van der Waals surface area contributed by atoms with Crippen molar-refractivity contribution in [1.82, 2.24) is 9.80 Å². The van der Waals surface area contributed by atoms with Crippen LogP contribution in [0.5, 0.6) is 0 Å². The number of carbonyl (C=O) groups excluding carboxylic acids is 1. The van der Waals surface area contributed by atoms with Crippen molar-refractivity contribution in [2.75, 3.05) is 20.2 Å². The number of piperazine rings is 1. The molecule has 0 bridgehead atoms. The maximum atomic E-state index is 13.2. The number of ether oxygens (including phenoxy) is 1. The number of benzene rings is 1. The summed E-state index contributed by atoms with van der Waals surface area (Å²) in [7, 11) is 1.75. The first-order valence-corrected chi connectivity index (χ1v) is 9.81. The molecule has 0 spiro atoms. The molecule has 2 aliphatic rings. The van der Waals surface area contributed by atoms with Crippen molar-refractivity contribution >= 4 is 17.2 Å². The summed E-state index contributed by atoms with van der Waals surface area (Å²) in [5.74, 6) is 0.259. The van der Waals surface area contributed by atoms with E-state index >= 15 is 0 Å². The number of carbonyl (C=O) groups is 1. The summed E-state index contributed by atoms with van der Waals surface area (Å²) in [5.41, 5.74) is 2.52. The van der Waals surface area contributed by atoms with Gasteiger partial charge in [-0.1, -0.05) is 30.3 Å². The Morgan fingerprint density at radius 3 is 2.72 bits per heavy atom. The third-order valence-electron chi connectivity index (χ3n) is 5.40. The van der Waals surface area contributed by atoms with E-state index in [-0.39, 0.29) is 24.1 Å². The molecule has 5 heteroatoms. The van der Waals surface area contributed by atoms with Gasteiger partial charge in [-0.2, -0.15) is 11.3 Å². The molecule has 1 amide bonds. The third-order valence-corrected chi connectivity index (χ3v) is 6.13. The topological polar surface area (TPSA) is 32.8 Å². The molecule has 25 heavy (non-hydrogen) atoms. The Morgan fingerprint density at radius 2 is 2.00 bits per heavy atom. The zero-order chi connectivity index (χ0) is 17.2. The van der Waals surface area contributed by atoms with Crippen LogP contribution < -0.4 is 0 Å². The first-order chi connectivity index (χ1) is 12.2. The van der Waals surface area contributed by atoms with E-state index in [0.717, 1.165) is 32.5 Å². The molecule has 1 aromatic carbocycles. The van der Waals surface area contributed by atoms with Crippen LogP contribution in [0.1, 0.15) is 17.5 Å². The van der Waals surface area contributed by atoms with Gasteiger partial charge < -0.3 is 9.64 Å². The fourth-order valence-corrected chi connectivity index (χ4v) is 4.74. The van der Waals surface area contributed by atoms with Gasteiger partial charge in [-0.3, -0.25) is 9.69 Å². The van der Waals surface area contributed by atoms with Crippen LogP contribution >= 0.6 is 11.3 Å². The molecule has 4 rings (SSSR count). The average molecular weight is 356 g/mol. The zero-order valence-corrected chi connectivity index (χ0v) is 15.3. The Hall–Kier alpha value is -1.69. The zero-order valence-electron chi connectivity index (χ0n) is 14.5. The van der Waals surface area contributed by atoms with Gasteiger partial charge in [0.1, 0.15) is 0 Å². The molecule has 3 atom stereocenters. The lowest BCUT2D eigenvalue weighted by molar-refractivity contribution is -0.144. The number of thiophene rings is 1. The Bertz CT molecular complexity index is 704. The second-order valence-corrected chi connectivity index (χ2v) is 7.78. The molecule has 0 saturated carbocycles. The standard InChI is InChI=1S/C20H24N2O2S/c1-24-18-10-17-12-21(11-16-7-8-25-14-16)19(20(23)22(17)13-18)9-15-5-3-2-4-6-15/h2-8,14,17-19H,9-13H2,1H3/t17-,18-,19-/m0/s1. The summed E-state index contributed by atoms with van der Waals surface area (Å²) >= 11 is 1.72. The lowest BCUT2D eigenvalue weighted by Crippen LogP contribution is -2.59. The van der Waals surface area contributed by atoms with Gasteiger partial charge in [0.25, 0.3) is 0 Å². The van der Waals surface area contributed by atoms with Gasteiger partial charge in [-0.05, 0) is 40.8 Å². The average Bonchev–Trinajstić information content (AvgIpc) is 3.29. The highest BCUT2D eigenvalue weighted by atomic mass is 32.1. The predicted octanol–water partition coefficient (Wildman–Crippen LogP) is 2.79. The minimum Gasteiger partial charge on any atom is -0.380 e. The molecule has 0 N–H and O–H groups in total. The van der Waals surface area contributed by atoms with Gasteiger partial charge in [0.2, 0.25) is 5.91 Å². The Kier molecular flexibility index (Phi) is 4.88. The van der Waals surface area contributed by atoms with Gasteiger partial charge in [0.15, 0.2) is 0 Å². The van der Waals surface area contributed by atoms with Gasteiger partial charge in [-0.25, -0.2) is 0 Å². The summed E-state index contributed by atoms with van der Waals surface area (Å²) in [5, 5.41) is 4.29. The summed E-state index contributed by atoms with van der Waals surface area (Å²) in [6.07, 6.45) is 1.89. The number of hydrogen-bond donors (Lipinski definition) is 0. The van der Waals surface area contributed by atoms with Crippen LogP contribution in [-0.4, -0.2) is 54.1 Å². The number of hydrogen-bond acceptors (Lipinski definition) is 4. The monoisotopic (exact) mass is 356 g/mol. The van der Waals surface area contributed by atoms with Crippen LogP contribution in [0.4, 0.5) is 0 Å². The molecule has 2 fully saturated rings. The van der Waals surface area contributed by atoms with Crippen molar-refractivity contribution in [1.29, 1.82) is 0 Å². The Balaban J connectivity index is 1.58. The summed E-state index contributed by atoms with van der Waals surface area (Å²) in [4.78, 5) is 17.7. The maximum Gasteiger partial charge on any atom is 0.240 e. The molecule has 0 aliphatic carbocycles. The van der Waals surface area contributed by atoms with Crippen molar-refractivity contribution in [3.63, 3.8) is 0 Å². The van der Waals surface area contributed by atoms with Gasteiger partial charge in [0.05, 0.1) is 12.1 Å². The van der Waals surface area contributed by atoms with Crippen molar-refractivity contribution < 1.29 is 9.53 Å². The van der Waals surface area contributed by atoms with Crippen LogP contribution in [-0.2, 0) is 22.5 Å². The number of methoxy groups -OCH3 is 1. The Morgan fingerprint density at radius 1 is 1.16 bits per heavy atom. The molecule has 3 heterocycles. The predicted molar refractivity (Wildman–Crippen MR) is 99.6 cm³/mol. The molecule has 1 aromatic heterocycles. The van der Waals surface area contributed by atoms with Crippen LogP contribution in [0.25, 0.3) is 0 Å². The smallest absolute Gasteiger partial charge is 0.240 e. The molecular formula is C20H24N2O2S. The minimum absolute atomic E-state index is 0.0887. The van der Waals surface area contributed by atoms with E-state index in [4.69, 9.17) is 4.74 Å². The van der Waals surface area contributed by atoms with Gasteiger partial charge >= 0.3 is 0 Å². The van der Waals surface area contributed by atoms with E-state index in [1.807, 2.05) is 18.2 Å². The summed E-state index contributed by atoms with van der Waals surface area (Å²) in [6, 6.07) is 12.7. The van der Waals surface area contributed by atoms with E-state index in [0.29, 0.717) is 0 Å². The quantitative estimate of drug-likeness (QED) is 0.826. The van der Waals surface area contributed by atoms with E-state index in [1.54, 1.807) is 18.4 Å². The first-order valence-electron chi connectivity index (χ1n) is 8.87. The lowest BCUT2D eigenvalue weighted by Gasteiger charge is -2.42. The SMILES string of the molecule is CO[C@H]1C[C@H]2CN(Cc3ccsc3)[C@@H](Cc3ccccc3)C(=O)N2C1. The molecule has 2 aromatic rings. The van der Waals surface area contributed by atoms with E-state index in [2.05, 4.69) is 38.8 Å². The highest BCUT2D eigenvalue weighted by Crippen LogP contribution is 2.30. The van der Waals surface area contributed by atoms with E-state index in [9.17, 15) is 4.79 Å². The molecule has 132 valence electrons.